The lowest BCUT2D eigenvalue weighted by molar-refractivity contribution is -0.384. The second-order valence-corrected chi connectivity index (χ2v) is 7.92. The Labute approximate surface area is 215 Å². The average Bonchev–Trinajstić information content (AvgIpc) is 2.85. The molecule has 0 fully saturated rings. The molecule has 1 N–H and O–H groups in total. The van der Waals surface area contributed by atoms with Crippen molar-refractivity contribution in [3.05, 3.63) is 97.5 Å². The van der Waals surface area contributed by atoms with Gasteiger partial charge in [-0.1, -0.05) is 29.3 Å². The van der Waals surface area contributed by atoms with Crippen LogP contribution in [0.4, 0.5) is 11.4 Å². The Morgan fingerprint density at radius 3 is 2.42 bits per heavy atom. The molecule has 3 aromatic rings. The number of nitro benzene ring substituents is 1. The Bertz CT molecular complexity index is 1400. The van der Waals surface area contributed by atoms with E-state index >= 15 is 0 Å². The molecule has 0 spiro atoms. The van der Waals surface area contributed by atoms with Crippen molar-refractivity contribution in [1.82, 2.24) is 0 Å². The SMILES string of the molecule is CCOc1cc(/C=C(\C#N)C(=O)Nc2ccc([N+](=O)[O-])cc2Cl)ccc1OC(=O)c1ccc(Cl)cc1. The molecule has 0 bridgehead atoms. The molecule has 36 heavy (non-hydrogen) atoms. The van der Waals surface area contributed by atoms with Gasteiger partial charge >= 0.3 is 5.97 Å². The largest absolute Gasteiger partial charge is 0.490 e. The Morgan fingerprint density at radius 2 is 1.81 bits per heavy atom. The summed E-state index contributed by atoms with van der Waals surface area (Å²) in [6.45, 7) is 2.01. The molecule has 9 nitrogen and oxygen atoms in total. The second-order valence-electron chi connectivity index (χ2n) is 7.08. The molecule has 0 heterocycles. The Morgan fingerprint density at radius 1 is 1.08 bits per heavy atom. The topological polar surface area (TPSA) is 132 Å². The lowest BCUT2D eigenvalue weighted by Crippen LogP contribution is -2.14. The van der Waals surface area contributed by atoms with Gasteiger partial charge in [0, 0.05) is 17.2 Å². The molecule has 0 saturated heterocycles. The van der Waals surface area contributed by atoms with Crippen molar-refractivity contribution in [3.8, 4) is 17.6 Å². The summed E-state index contributed by atoms with van der Waals surface area (Å²) in [6.07, 6.45) is 1.31. The Kier molecular flexibility index (Phi) is 8.62. The zero-order valence-electron chi connectivity index (χ0n) is 18.7. The highest BCUT2D eigenvalue weighted by Gasteiger charge is 2.16. The number of ether oxygens (including phenoxy) is 2. The van der Waals surface area contributed by atoms with Crippen LogP contribution in [0, 0.1) is 21.4 Å². The highest BCUT2D eigenvalue weighted by atomic mass is 35.5. The first kappa shape index (κ1) is 26.2. The van der Waals surface area contributed by atoms with Crippen LogP contribution in [0.2, 0.25) is 10.0 Å². The molecule has 3 rings (SSSR count). The quantitative estimate of drug-likeness (QED) is 0.0942. The fourth-order valence-corrected chi connectivity index (χ4v) is 3.28. The number of nitriles is 1. The standard InChI is InChI=1S/C25H17Cl2N3O6/c1-2-35-23-12-15(3-10-22(23)36-25(32)16-4-6-18(26)7-5-16)11-17(14-28)24(31)29-21-9-8-19(30(33)34)13-20(21)27/h3-13H,2H2,1H3,(H,29,31)/b17-11+. The highest BCUT2D eigenvalue weighted by molar-refractivity contribution is 6.34. The van der Waals surface area contributed by atoms with Gasteiger partial charge in [0.2, 0.25) is 0 Å². The Balaban J connectivity index is 1.82. The third-order valence-electron chi connectivity index (χ3n) is 4.64. The van der Waals surface area contributed by atoms with E-state index in [0.29, 0.717) is 16.1 Å². The average molecular weight is 526 g/mol. The zero-order chi connectivity index (χ0) is 26.2. The van der Waals surface area contributed by atoms with E-state index in [1.54, 1.807) is 25.1 Å². The normalized spacial score (nSPS) is 10.8. The van der Waals surface area contributed by atoms with Crippen molar-refractivity contribution in [2.24, 2.45) is 0 Å². The second kappa shape index (κ2) is 11.8. The Hall–Kier alpha value is -4.39. The van der Waals surface area contributed by atoms with E-state index in [-0.39, 0.29) is 40.1 Å². The van der Waals surface area contributed by atoms with E-state index in [9.17, 15) is 25.0 Å². The smallest absolute Gasteiger partial charge is 0.343 e. The van der Waals surface area contributed by atoms with Crippen LogP contribution in [0.15, 0.2) is 66.2 Å². The van der Waals surface area contributed by atoms with Crippen molar-refractivity contribution in [1.29, 1.82) is 5.26 Å². The molecule has 0 aromatic heterocycles. The van der Waals surface area contributed by atoms with Gasteiger partial charge in [0.15, 0.2) is 11.5 Å². The van der Waals surface area contributed by atoms with E-state index in [1.807, 2.05) is 0 Å². The van der Waals surface area contributed by atoms with Crippen LogP contribution in [0.25, 0.3) is 6.08 Å². The summed E-state index contributed by atoms with van der Waals surface area (Å²) in [6, 6.07) is 16.0. The number of benzene rings is 3. The van der Waals surface area contributed by atoms with E-state index in [1.165, 1.54) is 48.5 Å². The molecule has 0 radical (unpaired) electrons. The van der Waals surface area contributed by atoms with Gasteiger partial charge in [-0.15, -0.1) is 0 Å². The van der Waals surface area contributed by atoms with Gasteiger partial charge in [-0.3, -0.25) is 14.9 Å². The lowest BCUT2D eigenvalue weighted by atomic mass is 10.1. The van der Waals surface area contributed by atoms with Gasteiger partial charge in [0.1, 0.15) is 11.6 Å². The third kappa shape index (κ3) is 6.60. The summed E-state index contributed by atoms with van der Waals surface area (Å²) < 4.78 is 11.0. The van der Waals surface area contributed by atoms with E-state index in [4.69, 9.17) is 32.7 Å². The van der Waals surface area contributed by atoms with Crippen LogP contribution in [-0.2, 0) is 4.79 Å². The number of carbonyl (C=O) groups excluding carboxylic acids is 2. The molecule has 1 amide bonds. The van der Waals surface area contributed by atoms with Crippen molar-refractivity contribution < 1.29 is 24.0 Å². The van der Waals surface area contributed by atoms with Crippen LogP contribution >= 0.6 is 23.2 Å². The number of hydrogen-bond acceptors (Lipinski definition) is 7. The highest BCUT2D eigenvalue weighted by Crippen LogP contribution is 2.31. The third-order valence-corrected chi connectivity index (χ3v) is 5.20. The van der Waals surface area contributed by atoms with Gasteiger partial charge in [-0.05, 0) is 61.0 Å². The maximum atomic E-state index is 12.6. The molecule has 0 aliphatic rings. The van der Waals surface area contributed by atoms with E-state index < -0.39 is 16.8 Å². The minimum atomic E-state index is -0.774. The fraction of sp³-hybridized carbons (Fsp3) is 0.0800. The molecule has 3 aromatic carbocycles. The molecule has 0 unspecified atom stereocenters. The summed E-state index contributed by atoms with van der Waals surface area (Å²) in [5.41, 5.74) is 0.311. The molecule has 0 atom stereocenters. The predicted octanol–water partition coefficient (Wildman–Crippen LogP) is 6.07. The number of hydrogen-bond donors (Lipinski definition) is 1. The van der Waals surface area contributed by atoms with E-state index in [0.717, 1.165) is 6.07 Å². The number of esters is 1. The first-order valence-corrected chi connectivity index (χ1v) is 11.1. The van der Waals surface area contributed by atoms with Crippen molar-refractivity contribution in [3.63, 3.8) is 0 Å². The van der Waals surface area contributed by atoms with Crippen LogP contribution < -0.4 is 14.8 Å². The predicted molar refractivity (Wildman–Crippen MR) is 134 cm³/mol. The summed E-state index contributed by atoms with van der Waals surface area (Å²) in [7, 11) is 0. The van der Waals surface area contributed by atoms with E-state index in [2.05, 4.69) is 5.32 Å². The number of rotatable bonds is 8. The van der Waals surface area contributed by atoms with Crippen LogP contribution in [-0.4, -0.2) is 23.4 Å². The maximum absolute atomic E-state index is 12.6. The minimum Gasteiger partial charge on any atom is -0.490 e. The first-order chi connectivity index (χ1) is 17.2. The number of nitrogens with one attached hydrogen (secondary N) is 1. The molecule has 11 heteroatoms. The van der Waals surface area contributed by atoms with Crippen LogP contribution in [0.1, 0.15) is 22.8 Å². The van der Waals surface area contributed by atoms with Gasteiger partial charge in [-0.25, -0.2) is 4.79 Å². The van der Waals surface area contributed by atoms with Crippen molar-refractivity contribution in [2.45, 2.75) is 6.92 Å². The molecule has 0 aliphatic heterocycles. The van der Waals surface area contributed by atoms with Crippen LogP contribution in [0.5, 0.6) is 11.5 Å². The number of nitro groups is 1. The summed E-state index contributed by atoms with van der Waals surface area (Å²) >= 11 is 11.9. The molecular formula is C25H17Cl2N3O6. The number of amides is 1. The number of carbonyl (C=O) groups is 2. The van der Waals surface area contributed by atoms with Gasteiger partial charge in [0.25, 0.3) is 11.6 Å². The first-order valence-electron chi connectivity index (χ1n) is 10.3. The number of non-ortho nitro benzene ring substituents is 1. The van der Waals surface area contributed by atoms with Gasteiger partial charge in [-0.2, -0.15) is 5.26 Å². The summed E-state index contributed by atoms with van der Waals surface area (Å²) in [5, 5.41) is 23.2. The van der Waals surface area contributed by atoms with Gasteiger partial charge < -0.3 is 14.8 Å². The van der Waals surface area contributed by atoms with Crippen LogP contribution in [0.3, 0.4) is 0 Å². The van der Waals surface area contributed by atoms with Crippen molar-refractivity contribution >= 4 is 52.5 Å². The molecule has 0 aliphatic carbocycles. The summed E-state index contributed by atoms with van der Waals surface area (Å²) in [5.74, 6) is -1.02. The lowest BCUT2D eigenvalue weighted by Gasteiger charge is -2.12. The summed E-state index contributed by atoms with van der Waals surface area (Å²) in [4.78, 5) is 35.3. The number of halogens is 2. The number of anilines is 1. The fourth-order valence-electron chi connectivity index (χ4n) is 2.94. The zero-order valence-corrected chi connectivity index (χ0v) is 20.2. The number of nitrogens with zero attached hydrogens (tertiary/aromatic N) is 2. The molecule has 182 valence electrons. The van der Waals surface area contributed by atoms with Gasteiger partial charge in [0.05, 0.1) is 27.8 Å². The molecular weight excluding hydrogens is 509 g/mol. The maximum Gasteiger partial charge on any atom is 0.343 e. The minimum absolute atomic E-state index is 0.0553. The van der Waals surface area contributed by atoms with Crippen molar-refractivity contribution in [2.75, 3.05) is 11.9 Å². The monoisotopic (exact) mass is 525 g/mol. The molecule has 0 saturated carbocycles.